The molecule has 0 N–H and O–H groups in total. The average molecular weight is 443 g/mol. The first-order valence-corrected chi connectivity index (χ1v) is 13.1. The van der Waals surface area contributed by atoms with Crippen LogP contribution in [0.5, 0.6) is 0 Å². The lowest BCUT2D eigenvalue weighted by Crippen LogP contribution is -2.51. The van der Waals surface area contributed by atoms with Crippen LogP contribution in [0.25, 0.3) is 10.2 Å². The summed E-state index contributed by atoms with van der Waals surface area (Å²) in [5.41, 5.74) is 1.41. The molecule has 0 aromatic carbocycles. The number of thiophene rings is 1. The van der Waals surface area contributed by atoms with Crippen LogP contribution in [-0.4, -0.2) is 46.5 Å². The molecular formula is C24H34N4O2S. The fourth-order valence-electron chi connectivity index (χ4n) is 5.63. The van der Waals surface area contributed by atoms with Gasteiger partial charge in [-0.1, -0.05) is 26.2 Å². The van der Waals surface area contributed by atoms with Crippen molar-refractivity contribution in [2.24, 2.45) is 5.92 Å². The molecule has 6 nitrogen and oxygen atoms in total. The Morgan fingerprint density at radius 3 is 2.52 bits per heavy atom. The molecule has 3 heterocycles. The van der Waals surface area contributed by atoms with E-state index < -0.39 is 0 Å². The van der Waals surface area contributed by atoms with Gasteiger partial charge in [0, 0.05) is 43.5 Å². The predicted molar refractivity (Wildman–Crippen MR) is 126 cm³/mol. The summed E-state index contributed by atoms with van der Waals surface area (Å²) in [5.74, 6) is 1.38. The molecule has 0 atom stereocenters. The molecule has 0 bridgehead atoms. The largest absolute Gasteiger partial charge is 0.339 e. The summed E-state index contributed by atoms with van der Waals surface area (Å²) in [6.45, 7) is 5.79. The first kappa shape index (κ1) is 21.0. The molecule has 7 heteroatoms. The van der Waals surface area contributed by atoms with E-state index in [1.165, 1.54) is 42.5 Å². The van der Waals surface area contributed by atoms with Gasteiger partial charge in [0.15, 0.2) is 0 Å². The molecule has 168 valence electrons. The van der Waals surface area contributed by atoms with Gasteiger partial charge in [-0.05, 0) is 50.5 Å². The first-order valence-electron chi connectivity index (χ1n) is 12.3. The maximum atomic E-state index is 13.5. The van der Waals surface area contributed by atoms with E-state index in [9.17, 15) is 9.59 Å². The number of piperazine rings is 1. The summed E-state index contributed by atoms with van der Waals surface area (Å²) in [5, 5.41) is 0.878. The Balaban J connectivity index is 1.40. The van der Waals surface area contributed by atoms with Gasteiger partial charge in [-0.2, -0.15) is 0 Å². The van der Waals surface area contributed by atoms with Crippen molar-refractivity contribution in [3.63, 3.8) is 0 Å². The highest BCUT2D eigenvalue weighted by Gasteiger charge is 2.30. The third kappa shape index (κ3) is 3.90. The zero-order valence-corrected chi connectivity index (χ0v) is 19.5. The smallest absolute Gasteiger partial charge is 0.263 e. The zero-order chi connectivity index (χ0) is 21.4. The molecule has 2 fully saturated rings. The second-order valence-corrected chi connectivity index (χ2v) is 10.5. The van der Waals surface area contributed by atoms with Gasteiger partial charge in [0.05, 0.1) is 5.39 Å². The van der Waals surface area contributed by atoms with Crippen molar-refractivity contribution in [3.8, 4) is 0 Å². The van der Waals surface area contributed by atoms with Crippen LogP contribution in [0.4, 0.5) is 5.95 Å². The van der Waals surface area contributed by atoms with Gasteiger partial charge in [-0.3, -0.25) is 14.2 Å². The number of hydrogen-bond acceptors (Lipinski definition) is 5. The quantitative estimate of drug-likeness (QED) is 0.719. The summed E-state index contributed by atoms with van der Waals surface area (Å²) in [6.07, 6.45) is 11.1. The van der Waals surface area contributed by atoms with E-state index in [4.69, 9.17) is 4.98 Å². The van der Waals surface area contributed by atoms with Crippen molar-refractivity contribution in [2.45, 2.75) is 77.7 Å². The molecule has 1 amide bonds. The summed E-state index contributed by atoms with van der Waals surface area (Å²) < 4.78 is 1.91. The number of carbonyl (C=O) groups excluding carboxylic acids is 1. The Hall–Kier alpha value is -1.89. The van der Waals surface area contributed by atoms with Crippen molar-refractivity contribution in [3.05, 3.63) is 20.8 Å². The van der Waals surface area contributed by atoms with Crippen molar-refractivity contribution >= 4 is 33.4 Å². The highest BCUT2D eigenvalue weighted by Crippen LogP contribution is 2.35. The highest BCUT2D eigenvalue weighted by molar-refractivity contribution is 7.18. The number of nitrogens with zero attached hydrogens (tertiary/aromatic N) is 4. The van der Waals surface area contributed by atoms with Crippen molar-refractivity contribution in [1.82, 2.24) is 14.5 Å². The normalized spacial score (nSPS) is 20.3. The molecule has 2 aromatic heterocycles. The molecule has 5 rings (SSSR count). The SMILES string of the molecule is CCCn1c(N2CCN(C(=O)C3CCCCC3)CC2)nc2sc3c(c2c1=O)CCCC3. The second kappa shape index (κ2) is 8.93. The molecule has 1 aliphatic heterocycles. The molecule has 0 radical (unpaired) electrons. The minimum atomic E-state index is 0.141. The lowest BCUT2D eigenvalue weighted by Gasteiger charge is -2.38. The third-order valence-electron chi connectivity index (χ3n) is 7.33. The number of aryl methyl sites for hydroxylation is 2. The average Bonchev–Trinajstić information content (AvgIpc) is 3.20. The number of rotatable bonds is 4. The second-order valence-electron chi connectivity index (χ2n) is 9.41. The van der Waals surface area contributed by atoms with Crippen LogP contribution in [0.2, 0.25) is 0 Å². The van der Waals surface area contributed by atoms with Gasteiger partial charge in [0.25, 0.3) is 5.56 Å². The summed E-state index contributed by atoms with van der Waals surface area (Å²) in [7, 11) is 0. The Morgan fingerprint density at radius 2 is 1.77 bits per heavy atom. The van der Waals surface area contributed by atoms with E-state index in [1.807, 2.05) is 4.57 Å². The number of carbonyl (C=O) groups is 1. The van der Waals surface area contributed by atoms with E-state index >= 15 is 0 Å². The van der Waals surface area contributed by atoms with Crippen LogP contribution in [-0.2, 0) is 24.2 Å². The fraction of sp³-hybridized carbons (Fsp3) is 0.708. The van der Waals surface area contributed by atoms with E-state index in [0.717, 1.165) is 74.4 Å². The Kier molecular flexibility index (Phi) is 6.04. The minimum absolute atomic E-state index is 0.141. The first-order chi connectivity index (χ1) is 15.2. The lowest BCUT2D eigenvalue weighted by atomic mass is 9.88. The number of amides is 1. The van der Waals surface area contributed by atoms with Gasteiger partial charge in [0.2, 0.25) is 11.9 Å². The predicted octanol–water partition coefficient (Wildman–Crippen LogP) is 3.98. The Bertz CT molecular complexity index is 1010. The Labute approximate surface area is 188 Å². The molecule has 2 aliphatic carbocycles. The van der Waals surface area contributed by atoms with Crippen molar-refractivity contribution in [2.75, 3.05) is 31.1 Å². The fourth-order valence-corrected chi connectivity index (χ4v) is 6.88. The topological polar surface area (TPSA) is 58.4 Å². The number of hydrogen-bond donors (Lipinski definition) is 0. The van der Waals surface area contributed by atoms with Crippen LogP contribution in [0.1, 0.15) is 68.7 Å². The number of anilines is 1. The standard InChI is InChI=1S/C24H34N4O2S/c1-2-12-28-23(30)20-18-10-6-7-11-19(18)31-21(20)25-24(28)27-15-13-26(14-16-27)22(29)17-8-4-3-5-9-17/h17H,2-16H2,1H3. The van der Waals surface area contributed by atoms with Gasteiger partial charge in [0.1, 0.15) is 4.83 Å². The molecular weight excluding hydrogens is 408 g/mol. The third-order valence-corrected chi connectivity index (χ3v) is 8.52. The van der Waals surface area contributed by atoms with Crippen LogP contribution in [0.15, 0.2) is 4.79 Å². The van der Waals surface area contributed by atoms with Crippen molar-refractivity contribution < 1.29 is 4.79 Å². The maximum absolute atomic E-state index is 13.5. The Morgan fingerprint density at radius 1 is 1.03 bits per heavy atom. The van der Waals surface area contributed by atoms with Crippen LogP contribution < -0.4 is 10.5 Å². The number of fused-ring (bicyclic) bond motifs is 3. The van der Waals surface area contributed by atoms with E-state index in [2.05, 4.69) is 16.7 Å². The maximum Gasteiger partial charge on any atom is 0.263 e. The van der Waals surface area contributed by atoms with Crippen molar-refractivity contribution in [1.29, 1.82) is 0 Å². The monoisotopic (exact) mass is 442 g/mol. The molecule has 3 aliphatic rings. The van der Waals surface area contributed by atoms with Gasteiger partial charge < -0.3 is 9.80 Å². The number of aromatic nitrogens is 2. The summed E-state index contributed by atoms with van der Waals surface area (Å²) in [6, 6.07) is 0. The van der Waals surface area contributed by atoms with E-state index in [0.29, 0.717) is 12.5 Å². The summed E-state index contributed by atoms with van der Waals surface area (Å²) in [4.78, 5) is 38.1. The van der Waals surface area contributed by atoms with Crippen LogP contribution in [0.3, 0.4) is 0 Å². The lowest BCUT2D eigenvalue weighted by molar-refractivity contribution is -0.136. The molecule has 31 heavy (non-hydrogen) atoms. The van der Waals surface area contributed by atoms with Crippen LogP contribution >= 0.6 is 11.3 Å². The van der Waals surface area contributed by atoms with Gasteiger partial charge >= 0.3 is 0 Å². The zero-order valence-electron chi connectivity index (χ0n) is 18.7. The molecule has 2 aromatic rings. The summed E-state index contributed by atoms with van der Waals surface area (Å²) >= 11 is 1.73. The molecule has 1 saturated carbocycles. The van der Waals surface area contributed by atoms with Gasteiger partial charge in [-0.25, -0.2) is 4.98 Å². The molecule has 1 saturated heterocycles. The van der Waals surface area contributed by atoms with E-state index in [1.54, 1.807) is 11.3 Å². The van der Waals surface area contributed by atoms with Gasteiger partial charge in [-0.15, -0.1) is 11.3 Å². The van der Waals surface area contributed by atoms with E-state index in [-0.39, 0.29) is 11.5 Å². The van der Waals surface area contributed by atoms with Crippen LogP contribution in [0, 0.1) is 5.92 Å². The minimum Gasteiger partial charge on any atom is -0.339 e. The highest BCUT2D eigenvalue weighted by atomic mass is 32.1. The molecule has 0 spiro atoms. The molecule has 0 unspecified atom stereocenters.